The zero-order chi connectivity index (χ0) is 55.0. The normalized spacial score (nSPS) is 21.9. The second-order valence-electron chi connectivity index (χ2n) is 19.0. The number of aliphatic imine (C=N–C) groups is 2. The Morgan fingerprint density at radius 2 is 1.35 bits per heavy atom. The van der Waals surface area contributed by atoms with Crippen molar-refractivity contribution >= 4 is 76.2 Å². The van der Waals surface area contributed by atoms with Gasteiger partial charge in [0.1, 0.15) is 35.7 Å². The SMILES string of the molecule is CC(=O)N[C@@H](CCCN=C(N)N)C(=O)N[C@H]1CCCCC(=O)CC[C@@H](C(N)=O)NC(=O)[C@H](CC2=CCc3ccccc32)CC(=O)[C@H](CCCN=C(N)N)CC(=O)[C@@H](Cc2ccccc2)NC(=O)[C@H](CC(N)=O)NC1=O. The van der Waals surface area contributed by atoms with Gasteiger partial charge in [0.05, 0.1) is 12.5 Å². The van der Waals surface area contributed by atoms with Crippen LogP contribution in [0.5, 0.6) is 0 Å². The van der Waals surface area contributed by atoms with E-state index in [9.17, 15) is 47.9 Å². The van der Waals surface area contributed by atoms with Crippen LogP contribution in [-0.4, -0.2) is 114 Å². The van der Waals surface area contributed by atoms with Gasteiger partial charge in [0, 0.05) is 57.5 Å². The van der Waals surface area contributed by atoms with Gasteiger partial charge < -0.3 is 61.0 Å². The molecule has 7 atom stereocenters. The predicted molar refractivity (Wildman–Crippen MR) is 280 cm³/mol. The van der Waals surface area contributed by atoms with E-state index in [1.54, 1.807) is 30.3 Å². The molecule has 23 heteroatoms. The second-order valence-corrected chi connectivity index (χ2v) is 19.0. The second kappa shape index (κ2) is 30.3. The Kier molecular flexibility index (Phi) is 24.0. The molecule has 0 aromatic heterocycles. The molecular weight excluding hydrogens is 967 g/mol. The van der Waals surface area contributed by atoms with Crippen LogP contribution in [0.25, 0.3) is 5.57 Å². The van der Waals surface area contributed by atoms with Crippen LogP contribution in [-0.2, 0) is 60.8 Å². The molecule has 1 aliphatic carbocycles. The van der Waals surface area contributed by atoms with Gasteiger partial charge >= 0.3 is 0 Å². The molecule has 0 saturated carbocycles. The van der Waals surface area contributed by atoms with E-state index in [0.29, 0.717) is 12.0 Å². The number of ketones is 3. The summed E-state index contributed by atoms with van der Waals surface area (Å²) in [6.45, 7) is 1.42. The van der Waals surface area contributed by atoms with Crippen molar-refractivity contribution in [2.75, 3.05) is 13.1 Å². The molecule has 2 aliphatic rings. The fourth-order valence-corrected chi connectivity index (χ4v) is 9.07. The number of benzene rings is 2. The highest BCUT2D eigenvalue weighted by Crippen LogP contribution is 2.34. The molecule has 0 unspecified atom stereocenters. The van der Waals surface area contributed by atoms with Crippen LogP contribution >= 0.6 is 0 Å². The van der Waals surface area contributed by atoms with Gasteiger partial charge in [-0.3, -0.25) is 57.9 Å². The van der Waals surface area contributed by atoms with Crippen LogP contribution in [0.2, 0.25) is 0 Å². The van der Waals surface area contributed by atoms with Gasteiger partial charge in [0.25, 0.3) is 0 Å². The van der Waals surface area contributed by atoms with Crippen LogP contribution in [0.3, 0.4) is 0 Å². The molecule has 0 bridgehead atoms. The van der Waals surface area contributed by atoms with E-state index in [1.807, 2.05) is 30.3 Å². The van der Waals surface area contributed by atoms with Crippen LogP contribution in [0.1, 0.15) is 114 Å². The van der Waals surface area contributed by atoms with E-state index in [2.05, 4.69) is 36.6 Å². The quantitative estimate of drug-likeness (QED) is 0.0497. The minimum atomic E-state index is -1.68. The number of Topliss-reactive ketones (excluding diaryl/α,β-unsaturated/α-hetero) is 3. The van der Waals surface area contributed by atoms with Crippen molar-refractivity contribution in [2.45, 2.75) is 140 Å². The first-order chi connectivity index (χ1) is 35.7. The summed E-state index contributed by atoms with van der Waals surface area (Å²) in [6.07, 6.45) is 1.47. The first-order valence-electron chi connectivity index (χ1n) is 25.3. The topological polar surface area (TPSA) is 412 Å². The number of allylic oxidation sites excluding steroid dienone is 2. The highest BCUT2D eigenvalue weighted by molar-refractivity contribution is 5.99. The molecule has 2 aromatic rings. The van der Waals surface area contributed by atoms with Crippen LogP contribution in [0.15, 0.2) is 70.7 Å². The number of nitrogens with zero attached hydrogens (tertiary/aromatic N) is 2. The first kappa shape index (κ1) is 59.6. The van der Waals surface area contributed by atoms with Gasteiger partial charge in [-0.15, -0.1) is 0 Å². The van der Waals surface area contributed by atoms with Gasteiger partial charge in [-0.1, -0.05) is 67.1 Å². The zero-order valence-electron chi connectivity index (χ0n) is 42.5. The summed E-state index contributed by atoms with van der Waals surface area (Å²) in [7, 11) is 0. The number of hydrogen-bond donors (Lipinski definition) is 11. The van der Waals surface area contributed by atoms with Gasteiger partial charge in [-0.2, -0.15) is 0 Å². The predicted octanol–water partition coefficient (Wildman–Crippen LogP) is -0.755. The Morgan fingerprint density at radius 3 is 2.01 bits per heavy atom. The molecule has 1 saturated heterocycles. The number of rotatable bonds is 18. The highest BCUT2D eigenvalue weighted by atomic mass is 16.2. The van der Waals surface area contributed by atoms with Crippen molar-refractivity contribution in [1.29, 1.82) is 0 Å². The Balaban J connectivity index is 1.76. The number of primary amides is 2. The van der Waals surface area contributed by atoms with Gasteiger partial charge in [-0.25, -0.2) is 0 Å². The molecule has 406 valence electrons. The number of guanidine groups is 2. The van der Waals surface area contributed by atoms with E-state index in [1.165, 1.54) is 6.92 Å². The van der Waals surface area contributed by atoms with Crippen LogP contribution in [0, 0.1) is 11.8 Å². The monoisotopic (exact) mass is 1040 g/mol. The number of nitrogens with two attached hydrogens (primary N) is 6. The fraction of sp³-hybridized carbons (Fsp3) is 0.500. The lowest BCUT2D eigenvalue weighted by Crippen LogP contribution is -2.58. The summed E-state index contributed by atoms with van der Waals surface area (Å²) < 4.78 is 0. The average Bonchev–Trinajstić information content (AvgIpc) is 3.76. The Bertz CT molecular complexity index is 2470. The number of hydrogen-bond acceptors (Lipinski definition) is 12. The summed E-state index contributed by atoms with van der Waals surface area (Å²) in [5.41, 5.74) is 36.8. The third kappa shape index (κ3) is 20.8. The molecule has 7 amide bonds. The van der Waals surface area contributed by atoms with Crippen LogP contribution in [0.4, 0.5) is 0 Å². The van der Waals surface area contributed by atoms with E-state index in [4.69, 9.17) is 34.4 Å². The maximum atomic E-state index is 14.7. The van der Waals surface area contributed by atoms with Gasteiger partial charge in [-0.05, 0) is 86.5 Å². The molecule has 75 heavy (non-hydrogen) atoms. The lowest BCUT2D eigenvalue weighted by atomic mass is 9.83. The summed E-state index contributed by atoms with van der Waals surface area (Å²) in [5, 5.41) is 13.1. The molecule has 23 nitrogen and oxygen atoms in total. The zero-order valence-corrected chi connectivity index (χ0v) is 42.5. The smallest absolute Gasteiger partial charge is 0.243 e. The maximum absolute atomic E-state index is 14.7. The van der Waals surface area contributed by atoms with Crippen molar-refractivity contribution < 1.29 is 47.9 Å². The lowest BCUT2D eigenvalue weighted by Gasteiger charge is -2.27. The van der Waals surface area contributed by atoms with E-state index in [0.717, 1.165) is 16.7 Å². The van der Waals surface area contributed by atoms with Crippen LogP contribution < -0.4 is 61.0 Å². The standard InChI is InChI=1S/C52H73N13O10/c1-30(66)61-39(18-10-24-60-52(57)58)48(73)63-40-17-8-6-15-36(67)21-22-38(46(54)71)62-47(72)35(26-33-20-19-32-13-5-7-16-37(32)33)28-43(68)34(14-9-23-59-51(55)56)27-44(69)41(25-31-11-3-2-4-12-31)64-50(75)42(29-45(53)70)65-49(40)74/h2-5,7,11-13,16,20,34-35,38-42H,6,8-10,14-15,17-19,21-29H2,1H3,(H2,53,70)(H2,54,71)(H,61,66)(H,62,72)(H,63,73)(H,64,75)(H,65,74)(H4,55,56,59)(H4,57,58,60)/t34-,35-,38+,39+,40+,41-,42+/m1/s1. The minimum Gasteiger partial charge on any atom is -0.370 e. The van der Waals surface area contributed by atoms with Crippen molar-refractivity contribution in [2.24, 2.45) is 56.2 Å². The molecule has 1 aliphatic heterocycles. The highest BCUT2D eigenvalue weighted by Gasteiger charge is 2.36. The third-order valence-corrected chi connectivity index (χ3v) is 13.0. The number of carbonyl (C=O) groups excluding carboxylic acids is 10. The molecular formula is C52H73N13O10. The number of nitrogens with one attached hydrogen (secondary N) is 5. The third-order valence-electron chi connectivity index (χ3n) is 13.0. The molecule has 2 aromatic carbocycles. The van der Waals surface area contributed by atoms with Crippen molar-refractivity contribution in [1.82, 2.24) is 26.6 Å². The largest absolute Gasteiger partial charge is 0.370 e. The van der Waals surface area contributed by atoms with Gasteiger partial charge in [0.15, 0.2) is 17.7 Å². The Hall–Kier alpha value is -7.98. The van der Waals surface area contributed by atoms with E-state index < -0.39 is 108 Å². The summed E-state index contributed by atoms with van der Waals surface area (Å²) in [4.78, 5) is 145. The fourth-order valence-electron chi connectivity index (χ4n) is 9.07. The first-order valence-corrected chi connectivity index (χ1v) is 25.3. The van der Waals surface area contributed by atoms with Gasteiger partial charge in [0.2, 0.25) is 41.4 Å². The molecule has 1 heterocycles. The van der Waals surface area contributed by atoms with Crippen molar-refractivity contribution in [3.05, 3.63) is 77.4 Å². The molecule has 4 rings (SSSR count). The summed E-state index contributed by atoms with van der Waals surface area (Å²) in [6, 6.07) is 9.38. The van der Waals surface area contributed by atoms with E-state index >= 15 is 0 Å². The lowest BCUT2D eigenvalue weighted by molar-refractivity contribution is -0.136. The molecule has 0 spiro atoms. The summed E-state index contributed by atoms with van der Waals surface area (Å²) >= 11 is 0. The maximum Gasteiger partial charge on any atom is 0.243 e. The Morgan fingerprint density at radius 1 is 0.693 bits per heavy atom. The molecule has 17 N–H and O–H groups in total. The van der Waals surface area contributed by atoms with Crippen molar-refractivity contribution in [3.8, 4) is 0 Å². The number of carbonyl (C=O) groups is 10. The number of amides is 7. The van der Waals surface area contributed by atoms with E-state index in [-0.39, 0.29) is 114 Å². The average molecular weight is 1040 g/mol. The minimum absolute atomic E-state index is 0.0418. The summed E-state index contributed by atoms with van der Waals surface area (Å²) in [5.74, 6) is -9.66. The molecule has 0 radical (unpaired) electrons. The molecule has 1 fully saturated rings. The number of fused-ring (bicyclic) bond motifs is 1. The van der Waals surface area contributed by atoms with Crippen molar-refractivity contribution in [3.63, 3.8) is 0 Å². The Labute approximate surface area is 436 Å².